The lowest BCUT2D eigenvalue weighted by atomic mass is 10.2. The fourth-order valence-corrected chi connectivity index (χ4v) is 3.43. The molecule has 0 aliphatic carbocycles. The number of carbonyl (C=O) groups excluding carboxylic acids is 2. The van der Waals surface area contributed by atoms with Crippen molar-refractivity contribution in [3.05, 3.63) is 94.4 Å². The topological polar surface area (TPSA) is 70.6 Å². The summed E-state index contributed by atoms with van der Waals surface area (Å²) in [5.41, 5.74) is 5.27. The summed E-state index contributed by atoms with van der Waals surface area (Å²) in [5.74, 6) is -0.628. The van der Waals surface area contributed by atoms with E-state index in [1.165, 1.54) is 17.6 Å². The van der Waals surface area contributed by atoms with Crippen LogP contribution in [0.3, 0.4) is 0 Å². The van der Waals surface area contributed by atoms with Crippen LogP contribution < -0.4 is 10.7 Å². The zero-order chi connectivity index (χ0) is 19.8. The lowest BCUT2D eigenvalue weighted by molar-refractivity contribution is 0.0956. The largest absolute Gasteiger partial charge is 0.313 e. The Balaban J connectivity index is 1.64. The SMILES string of the molecule is Cc1csc(NC(=O)c2ccccc2)c1C(=O)N/N=C/C=C/c1ccccc1. The molecule has 0 atom stereocenters. The molecule has 6 heteroatoms. The van der Waals surface area contributed by atoms with E-state index < -0.39 is 0 Å². The summed E-state index contributed by atoms with van der Waals surface area (Å²) in [4.78, 5) is 24.9. The molecule has 1 aromatic heterocycles. The summed E-state index contributed by atoms with van der Waals surface area (Å²) in [6, 6.07) is 18.7. The number of rotatable bonds is 6. The number of nitrogens with zero attached hydrogens (tertiary/aromatic N) is 1. The van der Waals surface area contributed by atoms with Crippen molar-refractivity contribution >= 4 is 40.4 Å². The summed E-state index contributed by atoms with van der Waals surface area (Å²) >= 11 is 1.31. The van der Waals surface area contributed by atoms with Crippen molar-refractivity contribution in [1.29, 1.82) is 0 Å². The number of nitrogens with one attached hydrogen (secondary N) is 2. The Morgan fingerprint density at radius 2 is 1.64 bits per heavy atom. The van der Waals surface area contributed by atoms with Gasteiger partial charge in [0.2, 0.25) is 0 Å². The minimum atomic E-state index is -0.369. The molecule has 0 fully saturated rings. The number of hydrogen-bond acceptors (Lipinski definition) is 4. The van der Waals surface area contributed by atoms with Crippen LogP contribution in [0.25, 0.3) is 6.08 Å². The number of hydrazone groups is 1. The first-order valence-corrected chi connectivity index (χ1v) is 9.52. The Hall–Kier alpha value is -3.51. The van der Waals surface area contributed by atoms with E-state index in [4.69, 9.17) is 0 Å². The zero-order valence-corrected chi connectivity index (χ0v) is 16.1. The van der Waals surface area contributed by atoms with Crippen LogP contribution in [0.15, 0.2) is 77.2 Å². The molecule has 140 valence electrons. The summed E-state index contributed by atoms with van der Waals surface area (Å²) in [7, 11) is 0. The minimum Gasteiger partial charge on any atom is -0.313 e. The minimum absolute atomic E-state index is 0.259. The molecule has 3 rings (SSSR count). The Morgan fingerprint density at radius 1 is 0.964 bits per heavy atom. The third-order valence-corrected chi connectivity index (χ3v) is 4.89. The fraction of sp³-hybridized carbons (Fsp3) is 0.0455. The van der Waals surface area contributed by atoms with Crippen LogP contribution in [0.1, 0.15) is 31.8 Å². The molecule has 0 saturated carbocycles. The van der Waals surface area contributed by atoms with Crippen molar-refractivity contribution < 1.29 is 9.59 Å². The Labute approximate surface area is 167 Å². The van der Waals surface area contributed by atoms with Crippen LogP contribution in [0.5, 0.6) is 0 Å². The first kappa shape index (κ1) is 19.3. The molecule has 2 N–H and O–H groups in total. The maximum Gasteiger partial charge on any atom is 0.274 e. The molecular formula is C22H19N3O2S. The first-order valence-electron chi connectivity index (χ1n) is 8.65. The molecule has 2 aromatic carbocycles. The predicted octanol–water partition coefficient (Wildman–Crippen LogP) is 4.74. The van der Waals surface area contributed by atoms with Gasteiger partial charge in [0.15, 0.2) is 0 Å². The quantitative estimate of drug-likeness (QED) is 0.472. The van der Waals surface area contributed by atoms with E-state index in [1.54, 1.807) is 30.3 Å². The lowest BCUT2D eigenvalue weighted by Crippen LogP contribution is -2.20. The van der Waals surface area contributed by atoms with E-state index >= 15 is 0 Å². The summed E-state index contributed by atoms with van der Waals surface area (Å²) in [6.07, 6.45) is 5.14. The van der Waals surface area contributed by atoms with Gasteiger partial charge in [0, 0.05) is 11.8 Å². The second-order valence-electron chi connectivity index (χ2n) is 5.93. The van der Waals surface area contributed by atoms with E-state index in [9.17, 15) is 9.59 Å². The van der Waals surface area contributed by atoms with Crippen LogP contribution in [0.2, 0.25) is 0 Å². The molecule has 2 amide bonds. The summed E-state index contributed by atoms with van der Waals surface area (Å²) < 4.78 is 0. The van der Waals surface area contributed by atoms with E-state index in [2.05, 4.69) is 15.8 Å². The smallest absolute Gasteiger partial charge is 0.274 e. The normalized spacial score (nSPS) is 11.0. The van der Waals surface area contributed by atoms with E-state index in [1.807, 2.05) is 54.8 Å². The Morgan fingerprint density at radius 3 is 2.36 bits per heavy atom. The van der Waals surface area contributed by atoms with E-state index in [0.29, 0.717) is 16.1 Å². The lowest BCUT2D eigenvalue weighted by Gasteiger charge is -2.06. The summed E-state index contributed by atoms with van der Waals surface area (Å²) in [6.45, 7) is 1.82. The van der Waals surface area contributed by atoms with Crippen molar-refractivity contribution in [2.75, 3.05) is 5.32 Å². The number of carbonyl (C=O) groups is 2. The van der Waals surface area contributed by atoms with Gasteiger partial charge in [-0.05, 0) is 41.6 Å². The number of thiophene rings is 1. The summed E-state index contributed by atoms with van der Waals surface area (Å²) in [5, 5.41) is 9.07. The third kappa shape index (κ3) is 5.02. The fourth-order valence-electron chi connectivity index (χ4n) is 2.50. The molecule has 0 unspecified atom stereocenters. The monoisotopic (exact) mass is 389 g/mol. The zero-order valence-electron chi connectivity index (χ0n) is 15.3. The number of anilines is 1. The highest BCUT2D eigenvalue weighted by molar-refractivity contribution is 7.15. The molecule has 5 nitrogen and oxygen atoms in total. The van der Waals surface area contributed by atoms with Crippen molar-refractivity contribution in [3.63, 3.8) is 0 Å². The highest BCUT2D eigenvalue weighted by atomic mass is 32.1. The first-order chi connectivity index (χ1) is 13.6. The molecule has 28 heavy (non-hydrogen) atoms. The van der Waals surface area contributed by atoms with Gasteiger partial charge in [0.1, 0.15) is 5.00 Å². The number of aryl methyl sites for hydroxylation is 1. The van der Waals surface area contributed by atoms with Gasteiger partial charge in [0.05, 0.1) is 5.56 Å². The highest BCUT2D eigenvalue weighted by Gasteiger charge is 2.18. The molecule has 0 radical (unpaired) electrons. The molecule has 0 saturated heterocycles. The molecule has 0 aliphatic heterocycles. The molecule has 3 aromatic rings. The van der Waals surface area contributed by atoms with Gasteiger partial charge in [-0.15, -0.1) is 11.3 Å². The van der Waals surface area contributed by atoms with Crippen molar-refractivity contribution in [3.8, 4) is 0 Å². The van der Waals surface area contributed by atoms with Gasteiger partial charge in [-0.3, -0.25) is 9.59 Å². The standard InChI is InChI=1S/C22H19N3O2S/c1-16-15-28-22(24-20(26)18-12-6-3-7-13-18)19(16)21(27)25-23-14-8-11-17-9-4-2-5-10-17/h2-15H,1H3,(H,24,26)(H,25,27)/b11-8+,23-14+. The van der Waals surface area contributed by atoms with Gasteiger partial charge in [-0.1, -0.05) is 54.6 Å². The maximum absolute atomic E-state index is 12.5. The van der Waals surface area contributed by atoms with Crippen LogP contribution in [-0.2, 0) is 0 Å². The van der Waals surface area contributed by atoms with Gasteiger partial charge in [-0.25, -0.2) is 5.43 Å². The highest BCUT2D eigenvalue weighted by Crippen LogP contribution is 2.28. The Bertz CT molecular complexity index is 1010. The van der Waals surface area contributed by atoms with Crippen LogP contribution in [0.4, 0.5) is 5.00 Å². The van der Waals surface area contributed by atoms with Crippen molar-refractivity contribution in [1.82, 2.24) is 5.43 Å². The molecule has 0 bridgehead atoms. The molecule has 0 spiro atoms. The second kappa shape index (κ2) is 9.43. The number of amides is 2. The van der Waals surface area contributed by atoms with Gasteiger partial charge in [-0.2, -0.15) is 5.10 Å². The average molecular weight is 389 g/mol. The van der Waals surface area contributed by atoms with Crippen LogP contribution in [0, 0.1) is 6.92 Å². The number of benzene rings is 2. The molecular weight excluding hydrogens is 370 g/mol. The van der Waals surface area contributed by atoms with Gasteiger partial charge >= 0.3 is 0 Å². The van der Waals surface area contributed by atoms with Crippen LogP contribution >= 0.6 is 11.3 Å². The molecule has 1 heterocycles. The van der Waals surface area contributed by atoms with Crippen molar-refractivity contribution in [2.45, 2.75) is 6.92 Å². The predicted molar refractivity (Wildman–Crippen MR) is 115 cm³/mol. The second-order valence-corrected chi connectivity index (χ2v) is 6.81. The van der Waals surface area contributed by atoms with E-state index in [-0.39, 0.29) is 11.8 Å². The van der Waals surface area contributed by atoms with E-state index in [0.717, 1.165) is 11.1 Å². The number of allylic oxidation sites excluding steroid dienone is 1. The maximum atomic E-state index is 12.5. The number of hydrogen-bond donors (Lipinski definition) is 2. The third-order valence-electron chi connectivity index (χ3n) is 3.88. The Kier molecular flexibility index (Phi) is 6.49. The van der Waals surface area contributed by atoms with Crippen molar-refractivity contribution in [2.24, 2.45) is 5.10 Å². The average Bonchev–Trinajstić information content (AvgIpc) is 3.09. The van der Waals surface area contributed by atoms with Gasteiger partial charge in [0.25, 0.3) is 11.8 Å². The molecule has 0 aliphatic rings. The van der Waals surface area contributed by atoms with Crippen LogP contribution in [-0.4, -0.2) is 18.0 Å². The van der Waals surface area contributed by atoms with Gasteiger partial charge < -0.3 is 5.32 Å².